The third-order valence-electron chi connectivity index (χ3n) is 18.1. The van der Waals surface area contributed by atoms with Crippen LogP contribution in [-0.4, -0.2) is 79.2 Å². The number of fused-ring (bicyclic) bond motifs is 7. The second-order valence-corrected chi connectivity index (χ2v) is 23.8. The predicted molar refractivity (Wildman–Crippen MR) is 233 cm³/mol. The van der Waals surface area contributed by atoms with Crippen molar-refractivity contribution in [3.8, 4) is 5.88 Å². The molecule has 2 heterocycles. The maximum absolute atomic E-state index is 12.8. The molecule has 2 unspecified atom stereocenters. The van der Waals surface area contributed by atoms with Crippen LogP contribution < -0.4 is 10.1 Å². The fourth-order valence-corrected chi connectivity index (χ4v) is 16.4. The van der Waals surface area contributed by atoms with Crippen LogP contribution in [0.1, 0.15) is 118 Å². The third kappa shape index (κ3) is 7.36. The topological polar surface area (TPSA) is 109 Å². The van der Waals surface area contributed by atoms with Crippen LogP contribution in [0.4, 0.5) is 0 Å². The van der Waals surface area contributed by atoms with Gasteiger partial charge in [0.05, 0.1) is 23.5 Å². The number of halogens is 1. The second-order valence-electron chi connectivity index (χ2n) is 21.1. The number of carboxylic acid groups (broad SMARTS) is 1. The van der Waals surface area contributed by atoms with E-state index in [2.05, 4.69) is 68.6 Å². The normalized spacial score (nSPS) is 40.5. The van der Waals surface area contributed by atoms with Crippen molar-refractivity contribution in [2.75, 3.05) is 44.3 Å². The van der Waals surface area contributed by atoms with E-state index in [1.807, 2.05) is 0 Å². The summed E-state index contributed by atoms with van der Waals surface area (Å²) < 4.78 is 30.0. The van der Waals surface area contributed by atoms with E-state index in [1.54, 1.807) is 18.3 Å². The molecule has 0 bridgehead atoms. The van der Waals surface area contributed by atoms with E-state index < -0.39 is 21.2 Å². The Labute approximate surface area is 354 Å². The van der Waals surface area contributed by atoms with Crippen molar-refractivity contribution in [3.05, 3.63) is 58.8 Å². The van der Waals surface area contributed by atoms with Gasteiger partial charge >= 0.3 is 5.97 Å². The number of nitrogens with zero attached hydrogens (tertiary/aromatic N) is 2. The molecule has 8 nitrogen and oxygen atoms in total. The summed E-state index contributed by atoms with van der Waals surface area (Å²) in [7, 11) is -2.87. The number of aromatic nitrogens is 1. The van der Waals surface area contributed by atoms with Crippen molar-refractivity contribution < 1.29 is 23.1 Å². The number of nitrogens with one attached hydrogen (secondary N) is 1. The Balaban J connectivity index is 0.970. The number of rotatable bonds is 11. The van der Waals surface area contributed by atoms with Crippen LogP contribution >= 0.6 is 11.6 Å². The zero-order chi connectivity index (χ0) is 41.3. The highest BCUT2D eigenvalue weighted by Gasteiger charge is 2.66. The molecule has 1 aromatic rings. The zero-order valence-electron chi connectivity index (χ0n) is 36.0. The molecule has 1 aromatic heterocycles. The van der Waals surface area contributed by atoms with Crippen molar-refractivity contribution in [2.45, 2.75) is 124 Å². The van der Waals surface area contributed by atoms with Crippen molar-refractivity contribution in [2.24, 2.45) is 57.2 Å². The fourth-order valence-electron chi connectivity index (χ4n) is 15.0. The molecule has 58 heavy (non-hydrogen) atoms. The molecule has 6 aliphatic carbocycles. The quantitative estimate of drug-likeness (QED) is 0.212. The second kappa shape index (κ2) is 15.6. The molecule has 0 radical (unpaired) electrons. The lowest BCUT2D eigenvalue weighted by Crippen LogP contribution is -2.65. The summed E-state index contributed by atoms with van der Waals surface area (Å²) in [6.07, 6.45) is 20.1. The average Bonchev–Trinajstić information content (AvgIpc) is 3.56. The van der Waals surface area contributed by atoms with Gasteiger partial charge in [-0.25, -0.2) is 13.4 Å². The molecule has 0 spiro atoms. The predicted octanol–water partition coefficient (Wildman–Crippen LogP) is 9.56. The fraction of sp³-hybridized carbons (Fsp3) is 0.750. The van der Waals surface area contributed by atoms with Crippen LogP contribution in [0, 0.1) is 57.2 Å². The van der Waals surface area contributed by atoms with Crippen LogP contribution in [0.5, 0.6) is 5.88 Å². The highest BCUT2D eigenvalue weighted by Crippen LogP contribution is 2.72. The minimum Gasteiger partial charge on any atom is -0.481 e. The van der Waals surface area contributed by atoms with Gasteiger partial charge in [-0.1, -0.05) is 63.6 Å². The molecule has 10 heteroatoms. The lowest BCUT2D eigenvalue weighted by Gasteiger charge is -2.68. The first-order valence-electron chi connectivity index (χ1n) is 22.6. The zero-order valence-corrected chi connectivity index (χ0v) is 37.5. The third-order valence-corrected chi connectivity index (χ3v) is 20.0. The highest BCUT2D eigenvalue weighted by molar-refractivity contribution is 7.91. The van der Waals surface area contributed by atoms with Gasteiger partial charge in [0.1, 0.15) is 0 Å². The first-order chi connectivity index (χ1) is 27.4. The van der Waals surface area contributed by atoms with E-state index in [1.165, 1.54) is 68.1 Å². The van der Waals surface area contributed by atoms with Crippen molar-refractivity contribution in [1.29, 1.82) is 0 Å². The summed E-state index contributed by atoms with van der Waals surface area (Å²) in [4.78, 5) is 19.3. The Morgan fingerprint density at radius 3 is 2.40 bits per heavy atom. The Morgan fingerprint density at radius 2 is 1.71 bits per heavy atom. The molecule has 5 fully saturated rings. The number of ether oxygens (including phenoxy) is 1. The maximum Gasteiger partial charge on any atom is 0.310 e. The van der Waals surface area contributed by atoms with Crippen molar-refractivity contribution >= 4 is 27.4 Å². The molecule has 1 saturated heterocycles. The molecule has 2 N–H and O–H groups in total. The van der Waals surface area contributed by atoms with Gasteiger partial charge in [0.25, 0.3) is 0 Å². The average molecular weight is 837 g/mol. The first-order valence-corrected chi connectivity index (χ1v) is 24.8. The van der Waals surface area contributed by atoms with Crippen LogP contribution in [0.25, 0.3) is 0 Å². The minimum absolute atomic E-state index is 0.0207. The number of hydrogen-bond acceptors (Lipinski definition) is 7. The molecule has 8 rings (SSSR count). The standard InChI is InChI=1S/C48H70ClN3O5S/c1-32(2)35-13-19-48(51-24-25-52-26-29-58(55,56)30-27-52)21-20-45(5)37-9-10-40-44(3,4)36(14-16-46(40,6)38(37)7-8-39(45)42(35)48)33-11-17-47(18-12-33,43(53)54)22-28-57-41-31-34(49)15-23-50-41/h11,14-15,23,31,35,37-40,42,51H,1,7-10,12-13,16-22,24-30H2,2-6H3,(H,53,54)/t35-,37?,38-,39+,40-,42+,45-,46+,47?,48-/m0/s1. The van der Waals surface area contributed by atoms with Gasteiger partial charge in [-0.15, -0.1) is 0 Å². The number of carbonyl (C=O) groups is 1. The number of pyridine rings is 1. The molecular weight excluding hydrogens is 766 g/mol. The molecule has 4 saturated carbocycles. The molecule has 10 atom stereocenters. The number of hydrogen-bond donors (Lipinski definition) is 2. The van der Waals surface area contributed by atoms with Gasteiger partial charge < -0.3 is 20.1 Å². The van der Waals surface area contributed by atoms with Gasteiger partial charge in [-0.05, 0) is 159 Å². The van der Waals surface area contributed by atoms with E-state index in [9.17, 15) is 18.3 Å². The Morgan fingerprint density at radius 1 is 0.983 bits per heavy atom. The van der Waals surface area contributed by atoms with Gasteiger partial charge in [0, 0.05) is 49.0 Å². The van der Waals surface area contributed by atoms with Crippen LogP contribution in [0.3, 0.4) is 0 Å². The van der Waals surface area contributed by atoms with Gasteiger partial charge in [-0.3, -0.25) is 4.79 Å². The van der Waals surface area contributed by atoms with E-state index in [4.69, 9.17) is 16.3 Å². The summed E-state index contributed by atoms with van der Waals surface area (Å²) in [6, 6.07) is 3.37. The molecular formula is C48H70ClN3O5S. The summed E-state index contributed by atoms with van der Waals surface area (Å²) in [5.74, 6) is 4.18. The molecule has 0 aromatic carbocycles. The Bertz CT molecular complexity index is 1930. The lowest BCUT2D eigenvalue weighted by molar-refractivity contribution is -0.170. The van der Waals surface area contributed by atoms with Gasteiger partial charge in [0.2, 0.25) is 5.88 Å². The Kier molecular flexibility index (Phi) is 11.4. The van der Waals surface area contributed by atoms with Crippen LogP contribution in [0.2, 0.25) is 5.02 Å². The molecule has 320 valence electrons. The smallest absolute Gasteiger partial charge is 0.310 e. The summed E-state index contributed by atoms with van der Waals surface area (Å²) in [6.45, 7) is 20.7. The number of carboxylic acids is 1. The van der Waals surface area contributed by atoms with Crippen molar-refractivity contribution in [1.82, 2.24) is 15.2 Å². The lowest BCUT2D eigenvalue weighted by atomic mass is 9.37. The van der Waals surface area contributed by atoms with Gasteiger partial charge in [0.15, 0.2) is 9.84 Å². The highest BCUT2D eigenvalue weighted by atomic mass is 35.5. The summed E-state index contributed by atoms with van der Waals surface area (Å²) >= 11 is 6.11. The Hall–Kier alpha value is -2.20. The van der Waals surface area contributed by atoms with Crippen molar-refractivity contribution in [3.63, 3.8) is 0 Å². The van der Waals surface area contributed by atoms with Gasteiger partial charge in [-0.2, -0.15) is 0 Å². The molecule has 0 amide bonds. The summed E-state index contributed by atoms with van der Waals surface area (Å²) in [5, 5.41) is 15.2. The maximum atomic E-state index is 12.8. The first kappa shape index (κ1) is 42.5. The SMILES string of the molecule is C=C(C)[C@@H]1CC[C@]2(NCCN3CCS(=O)(=O)CC3)CC[C@@]3(C)C4CC[C@H]5C(C)(C)C(C6=CCC(CCOc7cc(Cl)ccn7)(C(=O)O)CC6)=CC[C@]5(C)[C@H]4CC[C@@H]3[C@@H]12. The number of allylic oxidation sites excluding steroid dienone is 5. The van der Waals surface area contributed by atoms with Crippen LogP contribution in [0.15, 0.2) is 53.8 Å². The van der Waals surface area contributed by atoms with E-state index >= 15 is 0 Å². The largest absolute Gasteiger partial charge is 0.481 e. The minimum atomic E-state index is -2.87. The monoisotopic (exact) mass is 835 g/mol. The molecule has 7 aliphatic rings. The van der Waals surface area contributed by atoms with E-state index in [0.29, 0.717) is 96.4 Å². The van der Waals surface area contributed by atoms with E-state index in [-0.39, 0.29) is 16.4 Å². The summed E-state index contributed by atoms with van der Waals surface area (Å²) in [5.41, 5.74) is 4.11. The molecule has 1 aliphatic heterocycles. The number of sulfone groups is 1. The van der Waals surface area contributed by atoms with Crippen LogP contribution in [-0.2, 0) is 14.6 Å². The number of aliphatic carboxylic acids is 1. The van der Waals surface area contributed by atoms with E-state index in [0.717, 1.165) is 31.8 Å².